The van der Waals surface area contributed by atoms with Crippen LogP contribution in [0, 0.1) is 18.8 Å². The summed E-state index contributed by atoms with van der Waals surface area (Å²) in [7, 11) is 0. The Morgan fingerprint density at radius 1 is 1.47 bits per heavy atom. The number of hydrogen-bond acceptors (Lipinski definition) is 2. The first kappa shape index (κ1) is 11.0. The molecule has 0 atom stereocenters. The minimum absolute atomic E-state index is 0.190. The molecule has 0 saturated heterocycles. The van der Waals surface area contributed by atoms with E-state index in [0.717, 1.165) is 11.8 Å². The maximum Gasteiger partial charge on any atom is 0.315 e. The van der Waals surface area contributed by atoms with Gasteiger partial charge in [-0.25, -0.2) is 0 Å². The number of aliphatic carboxylic acids is 1. The zero-order valence-corrected chi connectivity index (χ0v) is 8.28. The number of benzene rings is 1. The first-order chi connectivity index (χ1) is 7.11. The molecule has 1 aromatic carbocycles. The van der Waals surface area contributed by atoms with Crippen LogP contribution in [0.1, 0.15) is 27.9 Å². The van der Waals surface area contributed by atoms with Gasteiger partial charge in [-0.1, -0.05) is 11.8 Å². The van der Waals surface area contributed by atoms with Gasteiger partial charge in [0, 0.05) is 11.1 Å². The summed E-state index contributed by atoms with van der Waals surface area (Å²) in [5.41, 5.74) is 2.15. The average molecular weight is 202 g/mol. The molecule has 0 amide bonds. The van der Waals surface area contributed by atoms with Crippen molar-refractivity contribution in [2.45, 2.75) is 13.3 Å². The summed E-state index contributed by atoms with van der Waals surface area (Å²) in [6.45, 7) is 1.86. The molecule has 0 fully saturated rings. The van der Waals surface area contributed by atoms with E-state index in [1.54, 1.807) is 12.1 Å². The number of hydrogen-bond donors (Lipinski definition) is 1. The molecule has 0 spiro atoms. The Bertz CT molecular complexity index is 450. The van der Waals surface area contributed by atoms with Crippen LogP contribution in [0.25, 0.3) is 0 Å². The first-order valence-electron chi connectivity index (χ1n) is 4.39. The molecule has 76 valence electrons. The first-order valence-corrected chi connectivity index (χ1v) is 4.39. The number of aldehydes is 1. The van der Waals surface area contributed by atoms with Crippen molar-refractivity contribution in [2.75, 3.05) is 0 Å². The van der Waals surface area contributed by atoms with Crippen LogP contribution in [0.3, 0.4) is 0 Å². The molecule has 0 unspecified atom stereocenters. The van der Waals surface area contributed by atoms with Crippen LogP contribution in [0.15, 0.2) is 18.2 Å². The van der Waals surface area contributed by atoms with E-state index in [9.17, 15) is 9.59 Å². The van der Waals surface area contributed by atoms with Crippen molar-refractivity contribution in [2.24, 2.45) is 0 Å². The van der Waals surface area contributed by atoms with Gasteiger partial charge in [-0.2, -0.15) is 0 Å². The van der Waals surface area contributed by atoms with Crippen molar-refractivity contribution in [3.8, 4) is 11.8 Å². The van der Waals surface area contributed by atoms with E-state index in [1.807, 2.05) is 13.0 Å². The molecule has 0 saturated carbocycles. The lowest BCUT2D eigenvalue weighted by molar-refractivity contribution is -0.135. The highest BCUT2D eigenvalue weighted by molar-refractivity contribution is 5.76. The summed E-state index contributed by atoms with van der Waals surface area (Å²) < 4.78 is 0. The zero-order chi connectivity index (χ0) is 11.3. The Labute approximate surface area is 87.7 Å². The molecular weight excluding hydrogens is 192 g/mol. The lowest BCUT2D eigenvalue weighted by Crippen LogP contribution is -1.90. The minimum atomic E-state index is -0.953. The number of carboxylic acid groups (broad SMARTS) is 1. The third-order valence-corrected chi connectivity index (χ3v) is 1.71. The van der Waals surface area contributed by atoms with Crippen molar-refractivity contribution in [1.29, 1.82) is 0 Å². The molecule has 0 heterocycles. The average Bonchev–Trinajstić information content (AvgIpc) is 2.16. The molecule has 0 aromatic heterocycles. The predicted octanol–water partition coefficient (Wildman–Crippen LogP) is 1.63. The standard InChI is InChI=1S/C12H10O3/c1-9-5-10(3-2-4-12(14)15)7-11(6-9)8-13/h5-8H,4H2,1H3,(H,14,15). The Kier molecular flexibility index (Phi) is 3.64. The Morgan fingerprint density at radius 3 is 2.80 bits per heavy atom. The molecule has 0 aliphatic rings. The summed E-state index contributed by atoms with van der Waals surface area (Å²) in [4.78, 5) is 20.8. The highest BCUT2D eigenvalue weighted by atomic mass is 16.4. The number of carboxylic acids is 1. The van der Waals surface area contributed by atoms with E-state index < -0.39 is 5.97 Å². The Balaban J connectivity index is 2.92. The van der Waals surface area contributed by atoms with Crippen LogP contribution in [0.5, 0.6) is 0 Å². The molecule has 1 N–H and O–H groups in total. The quantitative estimate of drug-likeness (QED) is 0.585. The number of carbonyl (C=O) groups excluding carboxylic acids is 1. The van der Waals surface area contributed by atoms with Crippen LogP contribution >= 0.6 is 0 Å². The number of carbonyl (C=O) groups is 2. The van der Waals surface area contributed by atoms with E-state index in [0.29, 0.717) is 11.1 Å². The van der Waals surface area contributed by atoms with E-state index in [-0.39, 0.29) is 6.42 Å². The monoisotopic (exact) mass is 202 g/mol. The lowest BCUT2D eigenvalue weighted by atomic mass is 10.1. The number of aryl methyl sites for hydroxylation is 1. The Hall–Kier alpha value is -2.08. The molecule has 0 bridgehead atoms. The van der Waals surface area contributed by atoms with Gasteiger partial charge in [0.2, 0.25) is 0 Å². The molecule has 3 heteroatoms. The summed E-state index contributed by atoms with van der Waals surface area (Å²) in [5.74, 6) is 4.26. The largest absolute Gasteiger partial charge is 0.481 e. The molecule has 1 rings (SSSR count). The fourth-order valence-electron chi connectivity index (χ4n) is 1.17. The molecule has 1 aromatic rings. The van der Waals surface area contributed by atoms with E-state index >= 15 is 0 Å². The van der Waals surface area contributed by atoms with Gasteiger partial charge in [-0.05, 0) is 30.7 Å². The van der Waals surface area contributed by atoms with Crippen LogP contribution in [-0.2, 0) is 4.79 Å². The van der Waals surface area contributed by atoms with Gasteiger partial charge >= 0.3 is 5.97 Å². The minimum Gasteiger partial charge on any atom is -0.481 e. The molecule has 3 nitrogen and oxygen atoms in total. The normalized spacial score (nSPS) is 8.87. The topological polar surface area (TPSA) is 54.4 Å². The number of rotatable bonds is 2. The SMILES string of the molecule is Cc1cc(C#CCC(=O)O)cc(C=O)c1. The second-order valence-corrected chi connectivity index (χ2v) is 3.12. The lowest BCUT2D eigenvalue weighted by Gasteiger charge is -1.96. The summed E-state index contributed by atoms with van der Waals surface area (Å²) in [5, 5.41) is 8.39. The van der Waals surface area contributed by atoms with Crippen molar-refractivity contribution in [3.63, 3.8) is 0 Å². The summed E-state index contributed by atoms with van der Waals surface area (Å²) in [6.07, 6.45) is 0.555. The van der Waals surface area contributed by atoms with E-state index in [2.05, 4.69) is 11.8 Å². The van der Waals surface area contributed by atoms with E-state index in [1.165, 1.54) is 0 Å². The van der Waals surface area contributed by atoms with Crippen LogP contribution in [-0.4, -0.2) is 17.4 Å². The van der Waals surface area contributed by atoms with Crippen molar-refractivity contribution in [3.05, 3.63) is 34.9 Å². The third-order valence-electron chi connectivity index (χ3n) is 1.71. The van der Waals surface area contributed by atoms with Gasteiger partial charge in [-0.3, -0.25) is 9.59 Å². The second kappa shape index (κ2) is 4.97. The molecule has 0 radical (unpaired) electrons. The Morgan fingerprint density at radius 2 is 2.20 bits per heavy atom. The van der Waals surface area contributed by atoms with Crippen molar-refractivity contribution >= 4 is 12.3 Å². The van der Waals surface area contributed by atoms with Gasteiger partial charge in [-0.15, -0.1) is 0 Å². The van der Waals surface area contributed by atoms with Crippen LogP contribution in [0.4, 0.5) is 0 Å². The third kappa shape index (κ3) is 3.65. The van der Waals surface area contributed by atoms with Crippen molar-refractivity contribution < 1.29 is 14.7 Å². The highest BCUT2D eigenvalue weighted by Crippen LogP contribution is 2.06. The maximum atomic E-state index is 10.6. The van der Waals surface area contributed by atoms with E-state index in [4.69, 9.17) is 5.11 Å². The van der Waals surface area contributed by atoms with Crippen LogP contribution < -0.4 is 0 Å². The van der Waals surface area contributed by atoms with Gasteiger partial charge in [0.1, 0.15) is 12.7 Å². The molecule has 0 aliphatic carbocycles. The van der Waals surface area contributed by atoms with Crippen LogP contribution in [0.2, 0.25) is 0 Å². The van der Waals surface area contributed by atoms with Gasteiger partial charge in [0.05, 0.1) is 0 Å². The predicted molar refractivity (Wildman–Crippen MR) is 55.7 cm³/mol. The van der Waals surface area contributed by atoms with Gasteiger partial charge in [0.15, 0.2) is 0 Å². The second-order valence-electron chi connectivity index (χ2n) is 3.12. The van der Waals surface area contributed by atoms with Gasteiger partial charge < -0.3 is 5.11 Å². The maximum absolute atomic E-state index is 10.6. The summed E-state index contributed by atoms with van der Waals surface area (Å²) in [6, 6.07) is 5.19. The molecule has 0 aliphatic heterocycles. The highest BCUT2D eigenvalue weighted by Gasteiger charge is 1.95. The fraction of sp³-hybridized carbons (Fsp3) is 0.167. The van der Waals surface area contributed by atoms with Crippen molar-refractivity contribution in [1.82, 2.24) is 0 Å². The van der Waals surface area contributed by atoms with Gasteiger partial charge in [0.25, 0.3) is 0 Å². The zero-order valence-electron chi connectivity index (χ0n) is 8.28. The summed E-state index contributed by atoms with van der Waals surface area (Å²) >= 11 is 0. The smallest absolute Gasteiger partial charge is 0.315 e. The molecule has 15 heavy (non-hydrogen) atoms. The molecular formula is C12H10O3. The fourth-order valence-corrected chi connectivity index (χ4v) is 1.17.